The minimum Gasteiger partial charge on any atom is -0.483 e. The van der Waals surface area contributed by atoms with E-state index in [-0.39, 0.29) is 19.1 Å². The molecule has 122 valence electrons. The van der Waals surface area contributed by atoms with E-state index < -0.39 is 5.91 Å². The van der Waals surface area contributed by atoms with Crippen LogP contribution in [0.3, 0.4) is 0 Å². The number of rotatable bonds is 6. The third-order valence-electron chi connectivity index (χ3n) is 3.36. The first-order valence-electron chi connectivity index (χ1n) is 7.35. The van der Waals surface area contributed by atoms with E-state index in [0.717, 1.165) is 11.0 Å². The van der Waals surface area contributed by atoms with Gasteiger partial charge in [-0.3, -0.25) is 9.59 Å². The average molecular weight is 324 g/mol. The van der Waals surface area contributed by atoms with Gasteiger partial charge in [0.1, 0.15) is 11.6 Å². The Morgan fingerprint density at radius 3 is 2.67 bits per heavy atom. The maximum absolute atomic E-state index is 12.3. The molecule has 0 aliphatic rings. The van der Waals surface area contributed by atoms with Crippen LogP contribution in [0.5, 0.6) is 5.75 Å². The van der Waals surface area contributed by atoms with Gasteiger partial charge in [-0.1, -0.05) is 24.3 Å². The zero-order valence-electron chi connectivity index (χ0n) is 12.8. The van der Waals surface area contributed by atoms with Crippen LogP contribution in [-0.2, 0) is 11.3 Å². The number of aromatic amines is 1. The maximum atomic E-state index is 12.3. The molecule has 0 aliphatic heterocycles. The van der Waals surface area contributed by atoms with Gasteiger partial charge in [0.15, 0.2) is 6.61 Å². The number of benzene rings is 2. The van der Waals surface area contributed by atoms with Crippen LogP contribution >= 0.6 is 0 Å². The first-order valence-corrected chi connectivity index (χ1v) is 7.35. The number of amides is 2. The Balaban J connectivity index is 1.69. The van der Waals surface area contributed by atoms with Crippen molar-refractivity contribution in [2.45, 2.75) is 6.54 Å². The molecule has 2 aromatic carbocycles. The maximum Gasteiger partial charge on any atom is 0.255 e. The highest BCUT2D eigenvalue weighted by Gasteiger charge is 2.13. The summed E-state index contributed by atoms with van der Waals surface area (Å²) in [5, 5.41) is 2.78. The molecule has 1 heterocycles. The molecule has 24 heavy (non-hydrogen) atoms. The van der Waals surface area contributed by atoms with Crippen molar-refractivity contribution in [3.05, 3.63) is 59.9 Å². The van der Waals surface area contributed by atoms with Gasteiger partial charge in [0.2, 0.25) is 0 Å². The van der Waals surface area contributed by atoms with Crippen LogP contribution < -0.4 is 15.8 Å². The Kier molecular flexibility index (Phi) is 4.42. The molecule has 3 aromatic rings. The van der Waals surface area contributed by atoms with E-state index in [2.05, 4.69) is 15.3 Å². The molecule has 7 nitrogen and oxygen atoms in total. The number of H-pyrrole nitrogens is 1. The topological polar surface area (TPSA) is 110 Å². The molecule has 0 radical (unpaired) electrons. The number of imidazole rings is 1. The Labute approximate surface area is 137 Å². The lowest BCUT2D eigenvalue weighted by Crippen LogP contribution is -2.25. The molecule has 7 heteroatoms. The molecule has 0 atom stereocenters. The SMILES string of the molecule is NC(=O)COc1ccccc1C(=O)NCc1nc2ccccc2[nH]1. The minimum atomic E-state index is -0.604. The van der Waals surface area contributed by atoms with Crippen molar-refractivity contribution in [2.24, 2.45) is 5.73 Å². The van der Waals surface area contributed by atoms with Gasteiger partial charge in [0.05, 0.1) is 23.1 Å². The predicted molar refractivity (Wildman–Crippen MR) is 88.4 cm³/mol. The minimum absolute atomic E-state index is 0.248. The summed E-state index contributed by atoms with van der Waals surface area (Å²) in [7, 11) is 0. The molecule has 0 fully saturated rings. The number of carbonyl (C=O) groups excluding carboxylic acids is 2. The number of hydrogen-bond acceptors (Lipinski definition) is 4. The second-order valence-electron chi connectivity index (χ2n) is 5.13. The van der Waals surface area contributed by atoms with Gasteiger partial charge >= 0.3 is 0 Å². The molecule has 0 saturated carbocycles. The molecular weight excluding hydrogens is 308 g/mol. The van der Waals surface area contributed by atoms with Crippen molar-refractivity contribution >= 4 is 22.8 Å². The summed E-state index contributed by atoms with van der Waals surface area (Å²) in [5.41, 5.74) is 7.14. The third-order valence-corrected chi connectivity index (χ3v) is 3.36. The molecule has 0 aliphatic carbocycles. The van der Waals surface area contributed by atoms with Crippen LogP contribution in [0.2, 0.25) is 0 Å². The third kappa shape index (κ3) is 3.52. The van der Waals surface area contributed by atoms with E-state index in [0.29, 0.717) is 17.1 Å². The number of carbonyl (C=O) groups is 2. The summed E-state index contributed by atoms with van der Waals surface area (Å²) in [6.45, 7) is -0.0362. The monoisotopic (exact) mass is 324 g/mol. The zero-order valence-corrected chi connectivity index (χ0v) is 12.8. The van der Waals surface area contributed by atoms with Crippen LogP contribution in [0.15, 0.2) is 48.5 Å². The van der Waals surface area contributed by atoms with Gasteiger partial charge in [0.25, 0.3) is 11.8 Å². The number of primary amides is 1. The number of nitrogens with zero attached hydrogens (tertiary/aromatic N) is 1. The second kappa shape index (κ2) is 6.82. The van der Waals surface area contributed by atoms with Crippen molar-refractivity contribution in [1.82, 2.24) is 15.3 Å². The Hall–Kier alpha value is -3.35. The number of hydrogen-bond donors (Lipinski definition) is 3. The summed E-state index contributed by atoms with van der Waals surface area (Å²) >= 11 is 0. The predicted octanol–water partition coefficient (Wildman–Crippen LogP) is 1.36. The first kappa shape index (κ1) is 15.5. The van der Waals surface area contributed by atoms with E-state index in [1.807, 2.05) is 24.3 Å². The highest BCUT2D eigenvalue weighted by molar-refractivity contribution is 5.97. The number of ether oxygens (including phenoxy) is 1. The lowest BCUT2D eigenvalue weighted by atomic mass is 10.2. The van der Waals surface area contributed by atoms with E-state index >= 15 is 0 Å². The lowest BCUT2D eigenvalue weighted by Gasteiger charge is -2.10. The van der Waals surface area contributed by atoms with Crippen LogP contribution in [0, 0.1) is 0 Å². The van der Waals surface area contributed by atoms with Crippen LogP contribution in [0.25, 0.3) is 11.0 Å². The molecule has 1 aromatic heterocycles. The van der Waals surface area contributed by atoms with Crippen molar-refractivity contribution in [3.8, 4) is 5.75 Å². The molecule has 4 N–H and O–H groups in total. The quantitative estimate of drug-likeness (QED) is 0.636. The fraction of sp³-hybridized carbons (Fsp3) is 0.118. The van der Waals surface area contributed by atoms with Crippen molar-refractivity contribution < 1.29 is 14.3 Å². The van der Waals surface area contributed by atoms with Crippen LogP contribution in [0.4, 0.5) is 0 Å². The van der Waals surface area contributed by atoms with E-state index in [9.17, 15) is 9.59 Å². The number of para-hydroxylation sites is 3. The molecule has 2 amide bonds. The summed E-state index contributed by atoms with van der Waals surface area (Å²) in [6.07, 6.45) is 0. The van der Waals surface area contributed by atoms with Crippen LogP contribution in [-0.4, -0.2) is 28.4 Å². The number of nitrogens with two attached hydrogens (primary N) is 1. The smallest absolute Gasteiger partial charge is 0.255 e. The molecule has 0 saturated heterocycles. The molecular formula is C17H16N4O3. The van der Waals surface area contributed by atoms with Crippen molar-refractivity contribution in [2.75, 3.05) is 6.61 Å². The van der Waals surface area contributed by atoms with Gasteiger partial charge in [-0.15, -0.1) is 0 Å². The van der Waals surface area contributed by atoms with Crippen LogP contribution in [0.1, 0.15) is 16.2 Å². The number of fused-ring (bicyclic) bond motifs is 1. The summed E-state index contributed by atoms with van der Waals surface area (Å²) in [5.74, 6) is 0.0292. The zero-order chi connectivity index (χ0) is 16.9. The van der Waals surface area contributed by atoms with E-state index in [4.69, 9.17) is 10.5 Å². The Morgan fingerprint density at radius 1 is 1.12 bits per heavy atom. The normalized spacial score (nSPS) is 10.5. The lowest BCUT2D eigenvalue weighted by molar-refractivity contribution is -0.119. The first-order chi connectivity index (χ1) is 11.6. The molecule has 0 bridgehead atoms. The molecule has 3 rings (SSSR count). The van der Waals surface area contributed by atoms with Gasteiger partial charge in [0, 0.05) is 0 Å². The second-order valence-corrected chi connectivity index (χ2v) is 5.13. The Morgan fingerprint density at radius 2 is 1.88 bits per heavy atom. The van der Waals surface area contributed by atoms with Gasteiger partial charge in [-0.25, -0.2) is 4.98 Å². The largest absolute Gasteiger partial charge is 0.483 e. The van der Waals surface area contributed by atoms with Gasteiger partial charge in [-0.05, 0) is 24.3 Å². The molecule has 0 unspecified atom stereocenters. The highest BCUT2D eigenvalue weighted by Crippen LogP contribution is 2.18. The fourth-order valence-corrected chi connectivity index (χ4v) is 2.28. The van der Waals surface area contributed by atoms with E-state index in [1.165, 1.54) is 0 Å². The number of nitrogens with one attached hydrogen (secondary N) is 2. The van der Waals surface area contributed by atoms with Gasteiger partial charge in [-0.2, -0.15) is 0 Å². The van der Waals surface area contributed by atoms with E-state index in [1.54, 1.807) is 24.3 Å². The molecule has 0 spiro atoms. The fourth-order valence-electron chi connectivity index (χ4n) is 2.28. The highest BCUT2D eigenvalue weighted by atomic mass is 16.5. The van der Waals surface area contributed by atoms with Crippen molar-refractivity contribution in [1.29, 1.82) is 0 Å². The summed E-state index contributed by atoms with van der Waals surface area (Å²) < 4.78 is 5.26. The Bertz CT molecular complexity index is 855. The van der Waals surface area contributed by atoms with Crippen molar-refractivity contribution in [3.63, 3.8) is 0 Å². The van der Waals surface area contributed by atoms with Gasteiger partial charge < -0.3 is 20.8 Å². The standard InChI is InChI=1S/C17H16N4O3/c18-15(22)10-24-14-8-4-1-5-11(14)17(23)19-9-16-20-12-6-2-3-7-13(12)21-16/h1-8H,9-10H2,(H2,18,22)(H,19,23)(H,20,21). The summed E-state index contributed by atoms with van der Waals surface area (Å²) in [4.78, 5) is 30.7. The summed E-state index contributed by atoms with van der Waals surface area (Å²) in [6, 6.07) is 14.3. The average Bonchev–Trinajstić information content (AvgIpc) is 3.01. The number of aromatic nitrogens is 2.